The number of nitrogens with two attached hydrogens (primary N) is 1. The fraction of sp³-hybridized carbons (Fsp3) is 0.235. The highest BCUT2D eigenvalue weighted by atomic mass is 32.2. The van der Waals surface area contributed by atoms with E-state index in [4.69, 9.17) is 14.7 Å². The Morgan fingerprint density at radius 3 is 2.32 bits per heavy atom. The molecule has 0 radical (unpaired) electrons. The van der Waals surface area contributed by atoms with Gasteiger partial charge in [0.05, 0.1) is 18.0 Å². The summed E-state index contributed by atoms with van der Waals surface area (Å²) in [5.74, 6) is 0.493. The van der Waals surface area contributed by atoms with Crippen LogP contribution in [0.15, 0.2) is 47.4 Å². The van der Waals surface area contributed by atoms with Crippen LogP contribution < -0.4 is 20.0 Å². The molecule has 0 saturated heterocycles. The lowest BCUT2D eigenvalue weighted by Crippen LogP contribution is -2.12. The summed E-state index contributed by atoms with van der Waals surface area (Å²) in [6, 6.07) is 10.3. The molecule has 2 aromatic rings. The van der Waals surface area contributed by atoms with Crippen molar-refractivity contribution in [3.8, 4) is 11.5 Å². The first-order chi connectivity index (χ1) is 11.8. The predicted molar refractivity (Wildman–Crippen MR) is 95.2 cm³/mol. The third kappa shape index (κ3) is 5.12. The van der Waals surface area contributed by atoms with E-state index in [1.807, 2.05) is 6.92 Å². The van der Waals surface area contributed by atoms with E-state index in [2.05, 4.69) is 5.32 Å². The summed E-state index contributed by atoms with van der Waals surface area (Å²) in [5, 5.41) is 2.51. The summed E-state index contributed by atoms with van der Waals surface area (Å²) in [6.45, 7) is 3.91. The van der Waals surface area contributed by atoms with Crippen LogP contribution in [-0.4, -0.2) is 20.9 Å². The van der Waals surface area contributed by atoms with Crippen molar-refractivity contribution in [2.45, 2.75) is 25.2 Å². The van der Waals surface area contributed by atoms with Crippen LogP contribution in [0.3, 0.4) is 0 Å². The summed E-state index contributed by atoms with van der Waals surface area (Å²) in [7, 11) is -4.04. The Labute approximate surface area is 146 Å². The highest BCUT2D eigenvalue weighted by Gasteiger charge is 2.18. The number of ether oxygens (including phenoxy) is 1. The molecule has 0 aromatic heterocycles. The van der Waals surface area contributed by atoms with Crippen molar-refractivity contribution in [2.75, 3.05) is 17.7 Å². The van der Waals surface area contributed by atoms with Crippen molar-refractivity contribution in [1.82, 2.24) is 0 Å². The Morgan fingerprint density at radius 2 is 1.76 bits per heavy atom. The average Bonchev–Trinajstić information content (AvgIpc) is 2.55. The predicted octanol–water partition coefficient (Wildman–Crippen LogP) is 2.78. The van der Waals surface area contributed by atoms with Crippen LogP contribution in [0.5, 0.6) is 11.5 Å². The minimum Gasteiger partial charge on any atom is -0.494 e. The number of hydrogen-bond acceptors (Lipinski definition) is 6. The Morgan fingerprint density at radius 1 is 1.12 bits per heavy atom. The fourth-order valence-electron chi connectivity index (χ4n) is 1.99. The third-order valence-electron chi connectivity index (χ3n) is 3.12. The van der Waals surface area contributed by atoms with E-state index >= 15 is 0 Å². The number of nitrogens with one attached hydrogen (secondary N) is 1. The van der Waals surface area contributed by atoms with Gasteiger partial charge >= 0.3 is 10.1 Å². The molecule has 0 unspecified atom stereocenters. The van der Waals surface area contributed by atoms with Gasteiger partial charge in [0.2, 0.25) is 5.91 Å². The number of rotatable bonds is 7. The molecule has 8 heteroatoms. The average molecular weight is 364 g/mol. The van der Waals surface area contributed by atoms with Crippen LogP contribution in [-0.2, 0) is 14.9 Å². The van der Waals surface area contributed by atoms with Gasteiger partial charge in [0.1, 0.15) is 16.4 Å². The smallest absolute Gasteiger partial charge is 0.339 e. The molecule has 0 heterocycles. The van der Waals surface area contributed by atoms with Gasteiger partial charge in [-0.2, -0.15) is 8.42 Å². The number of benzene rings is 2. The molecule has 0 aliphatic heterocycles. The second-order valence-electron chi connectivity index (χ2n) is 5.29. The maximum Gasteiger partial charge on any atom is 0.339 e. The lowest BCUT2D eigenvalue weighted by atomic mass is 10.2. The highest BCUT2D eigenvalue weighted by molar-refractivity contribution is 7.87. The fourth-order valence-corrected chi connectivity index (χ4v) is 2.95. The van der Waals surface area contributed by atoms with E-state index in [0.29, 0.717) is 18.0 Å². The highest BCUT2D eigenvalue weighted by Crippen LogP contribution is 2.26. The molecule has 1 amide bonds. The van der Waals surface area contributed by atoms with Crippen molar-refractivity contribution in [3.05, 3.63) is 42.5 Å². The molecule has 2 aromatic carbocycles. The summed E-state index contributed by atoms with van der Waals surface area (Å²) in [5.41, 5.74) is 6.24. The van der Waals surface area contributed by atoms with E-state index in [9.17, 15) is 13.2 Å². The number of carbonyl (C=O) groups excluding carboxylic acids is 1. The van der Waals surface area contributed by atoms with Gasteiger partial charge in [-0.05, 0) is 48.9 Å². The van der Waals surface area contributed by atoms with E-state index in [-0.39, 0.29) is 22.2 Å². The largest absolute Gasteiger partial charge is 0.494 e. The number of hydrogen-bond donors (Lipinski definition) is 2. The Hall–Kier alpha value is -2.74. The first kappa shape index (κ1) is 18.6. The first-order valence-electron chi connectivity index (χ1n) is 7.66. The zero-order chi connectivity index (χ0) is 18.4. The van der Waals surface area contributed by atoms with Gasteiger partial charge in [-0.25, -0.2) is 0 Å². The minimum absolute atomic E-state index is 0.106. The van der Waals surface area contributed by atoms with Gasteiger partial charge in [0.25, 0.3) is 0 Å². The van der Waals surface area contributed by atoms with E-state index in [1.165, 1.54) is 37.3 Å². The number of nitrogen functional groups attached to an aromatic ring is 1. The van der Waals surface area contributed by atoms with Crippen molar-refractivity contribution >= 4 is 27.4 Å². The van der Waals surface area contributed by atoms with Crippen LogP contribution in [0.25, 0.3) is 0 Å². The molecule has 134 valence electrons. The number of carbonyl (C=O) groups is 1. The van der Waals surface area contributed by atoms with E-state index < -0.39 is 10.1 Å². The Kier molecular flexibility index (Phi) is 5.87. The maximum absolute atomic E-state index is 12.3. The SMILES string of the molecule is CCCOc1ccc(OS(=O)(=O)c2ccc(NC(C)=O)c(N)c2)cc1. The molecule has 0 spiro atoms. The second-order valence-corrected chi connectivity index (χ2v) is 6.83. The molecule has 0 aliphatic rings. The van der Waals surface area contributed by atoms with Crippen LogP contribution in [0.4, 0.5) is 11.4 Å². The lowest BCUT2D eigenvalue weighted by Gasteiger charge is -2.11. The van der Waals surface area contributed by atoms with E-state index in [0.717, 1.165) is 6.42 Å². The zero-order valence-electron chi connectivity index (χ0n) is 14.0. The molecular weight excluding hydrogens is 344 g/mol. The van der Waals surface area contributed by atoms with Crippen LogP contribution in [0.2, 0.25) is 0 Å². The Bertz CT molecular complexity index is 848. The molecular formula is C17H20N2O5S. The van der Waals surface area contributed by atoms with Crippen molar-refractivity contribution in [2.24, 2.45) is 0 Å². The monoisotopic (exact) mass is 364 g/mol. The van der Waals surface area contributed by atoms with Crippen LogP contribution in [0.1, 0.15) is 20.3 Å². The molecule has 0 atom stereocenters. The standard InChI is InChI=1S/C17H20N2O5S/c1-3-10-23-13-4-6-14(7-5-13)24-25(21,22)15-8-9-17(16(18)11-15)19-12(2)20/h4-9,11H,3,10,18H2,1-2H3,(H,19,20). The Balaban J connectivity index is 2.15. The second kappa shape index (κ2) is 7.89. The topological polar surface area (TPSA) is 108 Å². The zero-order valence-corrected chi connectivity index (χ0v) is 14.8. The van der Waals surface area contributed by atoms with Gasteiger partial charge in [-0.1, -0.05) is 6.92 Å². The summed E-state index contributed by atoms with van der Waals surface area (Å²) >= 11 is 0. The van der Waals surface area contributed by atoms with Gasteiger partial charge in [0.15, 0.2) is 0 Å². The third-order valence-corrected chi connectivity index (χ3v) is 4.37. The molecule has 0 bridgehead atoms. The van der Waals surface area contributed by atoms with Gasteiger partial charge in [-0.3, -0.25) is 4.79 Å². The summed E-state index contributed by atoms with van der Waals surface area (Å²) in [6.07, 6.45) is 0.878. The van der Waals surface area contributed by atoms with Gasteiger partial charge in [0, 0.05) is 6.92 Å². The quantitative estimate of drug-likeness (QED) is 0.578. The van der Waals surface area contributed by atoms with Crippen molar-refractivity contribution in [1.29, 1.82) is 0 Å². The molecule has 2 rings (SSSR count). The lowest BCUT2D eigenvalue weighted by molar-refractivity contribution is -0.114. The summed E-state index contributed by atoms with van der Waals surface area (Å²) < 4.78 is 35.2. The van der Waals surface area contributed by atoms with Gasteiger partial charge < -0.3 is 20.0 Å². The van der Waals surface area contributed by atoms with Crippen molar-refractivity contribution in [3.63, 3.8) is 0 Å². The van der Waals surface area contributed by atoms with Crippen LogP contribution >= 0.6 is 0 Å². The molecule has 0 aliphatic carbocycles. The van der Waals surface area contributed by atoms with Crippen molar-refractivity contribution < 1.29 is 22.1 Å². The first-order valence-corrected chi connectivity index (χ1v) is 9.07. The minimum atomic E-state index is -4.04. The van der Waals surface area contributed by atoms with Crippen LogP contribution in [0, 0.1) is 0 Å². The normalized spacial score (nSPS) is 11.0. The summed E-state index contributed by atoms with van der Waals surface area (Å²) in [4.78, 5) is 11.0. The molecule has 25 heavy (non-hydrogen) atoms. The maximum atomic E-state index is 12.3. The molecule has 3 N–H and O–H groups in total. The number of amides is 1. The number of anilines is 2. The molecule has 7 nitrogen and oxygen atoms in total. The molecule has 0 saturated carbocycles. The molecule has 0 fully saturated rings. The van der Waals surface area contributed by atoms with E-state index in [1.54, 1.807) is 12.1 Å². The van der Waals surface area contributed by atoms with Gasteiger partial charge in [-0.15, -0.1) is 0 Å².